The van der Waals surface area contributed by atoms with Gasteiger partial charge in [-0.3, -0.25) is 9.59 Å². The molecule has 0 saturated heterocycles. The van der Waals surface area contributed by atoms with Crippen LogP contribution in [0.5, 0.6) is 5.75 Å². The van der Waals surface area contributed by atoms with Gasteiger partial charge in [0.2, 0.25) is 5.91 Å². The highest BCUT2D eigenvalue weighted by molar-refractivity contribution is 6.03. The summed E-state index contributed by atoms with van der Waals surface area (Å²) in [6, 6.07) is 14.4. The highest BCUT2D eigenvalue weighted by Crippen LogP contribution is 2.19. The van der Waals surface area contributed by atoms with Gasteiger partial charge in [-0.25, -0.2) is 4.68 Å². The molecule has 2 aromatic carbocycles. The van der Waals surface area contributed by atoms with Gasteiger partial charge >= 0.3 is 0 Å². The molecule has 7 nitrogen and oxygen atoms in total. The zero-order chi connectivity index (χ0) is 20.1. The topological polar surface area (TPSA) is 85.2 Å². The number of ether oxygens (including phenoxy) is 1. The summed E-state index contributed by atoms with van der Waals surface area (Å²) in [5.74, 6) is 0.314. The SMILES string of the molecule is CC(=O)Nc1ccc(NC(=O)c2ccn(COc3ccc(C)cc3C)n2)cc1. The molecule has 3 rings (SSSR count). The molecule has 2 amide bonds. The van der Waals surface area contributed by atoms with Gasteiger partial charge in [-0.05, 0) is 55.8 Å². The van der Waals surface area contributed by atoms with Crippen molar-refractivity contribution in [2.45, 2.75) is 27.5 Å². The minimum absolute atomic E-state index is 0.148. The lowest BCUT2D eigenvalue weighted by atomic mass is 10.1. The minimum atomic E-state index is -0.322. The van der Waals surface area contributed by atoms with Gasteiger partial charge in [0.25, 0.3) is 5.91 Å². The Labute approximate surface area is 163 Å². The molecule has 144 valence electrons. The second-order valence-corrected chi connectivity index (χ2v) is 6.50. The number of hydrogen-bond acceptors (Lipinski definition) is 4. The molecule has 0 aliphatic heterocycles. The fourth-order valence-electron chi connectivity index (χ4n) is 2.69. The molecule has 1 aromatic heterocycles. The summed E-state index contributed by atoms with van der Waals surface area (Å²) in [5.41, 5.74) is 3.79. The lowest BCUT2D eigenvalue weighted by Crippen LogP contribution is -2.14. The molecule has 1 heterocycles. The van der Waals surface area contributed by atoms with Crippen LogP contribution in [0.4, 0.5) is 11.4 Å². The quantitative estimate of drug-likeness (QED) is 0.684. The summed E-state index contributed by atoms with van der Waals surface area (Å²) in [6.07, 6.45) is 1.69. The van der Waals surface area contributed by atoms with E-state index in [4.69, 9.17) is 4.74 Å². The fraction of sp³-hybridized carbons (Fsp3) is 0.190. The molecule has 0 radical (unpaired) electrons. The van der Waals surface area contributed by atoms with Crippen LogP contribution in [0.1, 0.15) is 28.5 Å². The van der Waals surface area contributed by atoms with Crippen LogP contribution in [-0.2, 0) is 11.5 Å². The maximum absolute atomic E-state index is 12.4. The van der Waals surface area contributed by atoms with Crippen LogP contribution in [0.25, 0.3) is 0 Å². The Morgan fingerprint density at radius 1 is 1.00 bits per heavy atom. The van der Waals surface area contributed by atoms with E-state index in [1.807, 2.05) is 26.0 Å². The minimum Gasteiger partial charge on any atom is -0.471 e. The third-order valence-electron chi connectivity index (χ3n) is 4.02. The fourth-order valence-corrected chi connectivity index (χ4v) is 2.69. The smallest absolute Gasteiger partial charge is 0.276 e. The van der Waals surface area contributed by atoms with Gasteiger partial charge < -0.3 is 15.4 Å². The van der Waals surface area contributed by atoms with E-state index in [-0.39, 0.29) is 24.2 Å². The highest BCUT2D eigenvalue weighted by atomic mass is 16.5. The molecule has 0 aliphatic rings. The normalized spacial score (nSPS) is 10.4. The van der Waals surface area contributed by atoms with E-state index >= 15 is 0 Å². The zero-order valence-electron chi connectivity index (χ0n) is 16.0. The maximum atomic E-state index is 12.4. The van der Waals surface area contributed by atoms with Gasteiger partial charge in [0.05, 0.1) is 0 Å². The predicted molar refractivity (Wildman–Crippen MR) is 107 cm³/mol. The number of carbonyl (C=O) groups is 2. The standard InChI is InChI=1S/C21H22N4O3/c1-14-4-9-20(15(2)12-14)28-13-25-11-10-19(24-25)21(27)23-18-7-5-17(6-8-18)22-16(3)26/h4-12H,13H2,1-3H3,(H,22,26)(H,23,27). The van der Waals surface area contributed by atoms with Gasteiger partial charge in [-0.1, -0.05) is 17.7 Å². The Morgan fingerprint density at radius 2 is 1.68 bits per heavy atom. The summed E-state index contributed by atoms with van der Waals surface area (Å²) < 4.78 is 7.33. The number of benzene rings is 2. The maximum Gasteiger partial charge on any atom is 0.276 e. The van der Waals surface area contributed by atoms with Gasteiger partial charge in [-0.15, -0.1) is 0 Å². The number of aromatic nitrogens is 2. The highest BCUT2D eigenvalue weighted by Gasteiger charge is 2.10. The van der Waals surface area contributed by atoms with Gasteiger partial charge in [0.1, 0.15) is 5.75 Å². The van der Waals surface area contributed by atoms with Crippen molar-refractivity contribution in [1.82, 2.24) is 9.78 Å². The Bertz CT molecular complexity index is 993. The van der Waals surface area contributed by atoms with Crippen LogP contribution in [0.3, 0.4) is 0 Å². The van der Waals surface area contributed by atoms with E-state index in [1.54, 1.807) is 41.2 Å². The number of amides is 2. The molecular weight excluding hydrogens is 356 g/mol. The summed E-state index contributed by atoms with van der Waals surface area (Å²) in [4.78, 5) is 23.4. The molecule has 0 spiro atoms. The van der Waals surface area contributed by atoms with E-state index in [2.05, 4.69) is 21.8 Å². The first-order valence-corrected chi connectivity index (χ1v) is 8.83. The molecule has 0 fully saturated rings. The van der Waals surface area contributed by atoms with E-state index in [0.29, 0.717) is 11.4 Å². The van der Waals surface area contributed by atoms with Crippen molar-refractivity contribution < 1.29 is 14.3 Å². The van der Waals surface area contributed by atoms with Gasteiger partial charge in [0.15, 0.2) is 12.4 Å². The number of rotatable bonds is 6. The second kappa shape index (κ2) is 8.39. The van der Waals surface area contributed by atoms with Crippen molar-refractivity contribution >= 4 is 23.2 Å². The molecule has 7 heteroatoms. The van der Waals surface area contributed by atoms with E-state index in [1.165, 1.54) is 12.5 Å². The molecule has 0 atom stereocenters. The number of aryl methyl sites for hydroxylation is 2. The van der Waals surface area contributed by atoms with E-state index < -0.39 is 0 Å². The Balaban J connectivity index is 1.58. The van der Waals surface area contributed by atoms with E-state index in [0.717, 1.165) is 11.3 Å². The van der Waals surface area contributed by atoms with Crippen LogP contribution in [-0.4, -0.2) is 21.6 Å². The molecule has 0 saturated carbocycles. The Morgan fingerprint density at radius 3 is 2.32 bits per heavy atom. The Kier molecular flexibility index (Phi) is 5.74. The third kappa shape index (κ3) is 4.97. The number of nitrogens with one attached hydrogen (secondary N) is 2. The van der Waals surface area contributed by atoms with Crippen molar-refractivity contribution in [3.8, 4) is 5.75 Å². The largest absolute Gasteiger partial charge is 0.471 e. The lowest BCUT2D eigenvalue weighted by Gasteiger charge is -2.09. The van der Waals surface area contributed by atoms with Gasteiger partial charge in [-0.2, -0.15) is 5.10 Å². The molecule has 0 aliphatic carbocycles. The molecule has 3 aromatic rings. The van der Waals surface area contributed by atoms with Crippen LogP contribution in [0.15, 0.2) is 54.7 Å². The number of hydrogen-bond donors (Lipinski definition) is 2. The van der Waals surface area contributed by atoms with Crippen molar-refractivity contribution in [2.24, 2.45) is 0 Å². The first kappa shape index (κ1) is 19.2. The van der Waals surface area contributed by atoms with Crippen LogP contribution >= 0.6 is 0 Å². The summed E-state index contributed by atoms with van der Waals surface area (Å²) in [6.45, 7) is 5.67. The average Bonchev–Trinajstić information content (AvgIpc) is 3.11. The first-order chi connectivity index (χ1) is 13.4. The summed E-state index contributed by atoms with van der Waals surface area (Å²) >= 11 is 0. The van der Waals surface area contributed by atoms with Crippen LogP contribution in [0.2, 0.25) is 0 Å². The van der Waals surface area contributed by atoms with Crippen molar-refractivity contribution in [3.05, 3.63) is 71.5 Å². The van der Waals surface area contributed by atoms with Crippen LogP contribution < -0.4 is 15.4 Å². The van der Waals surface area contributed by atoms with Gasteiger partial charge in [0, 0.05) is 24.5 Å². The average molecular weight is 378 g/mol. The number of anilines is 2. The Hall–Kier alpha value is -3.61. The van der Waals surface area contributed by atoms with Crippen LogP contribution in [0, 0.1) is 13.8 Å². The third-order valence-corrected chi connectivity index (χ3v) is 4.02. The number of carbonyl (C=O) groups excluding carboxylic acids is 2. The number of nitrogens with zero attached hydrogens (tertiary/aromatic N) is 2. The lowest BCUT2D eigenvalue weighted by molar-refractivity contribution is -0.114. The van der Waals surface area contributed by atoms with Crippen molar-refractivity contribution in [3.63, 3.8) is 0 Å². The molecule has 0 unspecified atom stereocenters. The van der Waals surface area contributed by atoms with Crippen molar-refractivity contribution in [1.29, 1.82) is 0 Å². The summed E-state index contributed by atoms with van der Waals surface area (Å²) in [5, 5.41) is 9.69. The summed E-state index contributed by atoms with van der Waals surface area (Å²) in [7, 11) is 0. The van der Waals surface area contributed by atoms with Crippen molar-refractivity contribution in [2.75, 3.05) is 10.6 Å². The molecular formula is C21H22N4O3. The first-order valence-electron chi connectivity index (χ1n) is 8.83. The van der Waals surface area contributed by atoms with E-state index in [9.17, 15) is 9.59 Å². The molecule has 28 heavy (non-hydrogen) atoms. The zero-order valence-corrected chi connectivity index (χ0v) is 16.0. The monoisotopic (exact) mass is 378 g/mol. The molecule has 0 bridgehead atoms. The predicted octanol–water partition coefficient (Wildman–Crippen LogP) is 3.75. The molecule has 2 N–H and O–H groups in total. The second-order valence-electron chi connectivity index (χ2n) is 6.50.